The van der Waals surface area contributed by atoms with E-state index in [0.29, 0.717) is 18.8 Å². The van der Waals surface area contributed by atoms with E-state index in [9.17, 15) is 9.59 Å². The number of nitrogens with one attached hydrogen (secondary N) is 2. The first-order valence-electron chi connectivity index (χ1n) is 8.36. The second-order valence-corrected chi connectivity index (χ2v) is 6.46. The fraction of sp³-hybridized carbons (Fsp3) is 0.471. The number of ether oxygens (including phenoxy) is 1. The number of likely N-dealkylation sites (tertiary alicyclic amines) is 1. The summed E-state index contributed by atoms with van der Waals surface area (Å²) < 4.78 is 5.51. The van der Waals surface area contributed by atoms with Crippen molar-refractivity contribution in [2.24, 2.45) is 0 Å². The normalized spacial score (nSPS) is 19.8. The second-order valence-electron chi connectivity index (χ2n) is 6.46. The van der Waals surface area contributed by atoms with Gasteiger partial charge in [0.15, 0.2) is 0 Å². The number of aromatic nitrogens is 3. The maximum atomic E-state index is 12.6. The zero-order chi connectivity index (χ0) is 16.5. The molecule has 0 aliphatic carbocycles. The molecule has 3 heterocycles. The highest BCUT2D eigenvalue weighted by Crippen LogP contribution is 2.27. The topological polar surface area (TPSA) is 91.1 Å². The second kappa shape index (κ2) is 6.14. The van der Waals surface area contributed by atoms with Gasteiger partial charge in [-0.15, -0.1) is 0 Å². The maximum Gasteiger partial charge on any atom is 0.340 e. The van der Waals surface area contributed by atoms with Crippen molar-refractivity contribution in [1.82, 2.24) is 20.1 Å². The number of hydrogen-bond donors (Lipinski definition) is 2. The molecule has 2 aromatic rings. The van der Waals surface area contributed by atoms with Crippen molar-refractivity contribution < 1.29 is 9.53 Å². The van der Waals surface area contributed by atoms with Crippen LogP contribution in [0.5, 0.6) is 5.75 Å². The third-order valence-electron chi connectivity index (χ3n) is 4.79. The highest BCUT2D eigenvalue weighted by molar-refractivity contribution is 5.79. The number of H-pyrrole nitrogens is 2. The molecule has 0 bridgehead atoms. The number of nitrogens with zero attached hydrogens (tertiary/aromatic N) is 2. The SMILES string of the molecule is O=C(Cc1ccc2c(c1)CCO2)N1CCCC(c2n[nH]c(=O)[nH]2)C1. The van der Waals surface area contributed by atoms with Crippen LogP contribution in [0.3, 0.4) is 0 Å². The Morgan fingerprint density at radius 1 is 1.42 bits per heavy atom. The fourth-order valence-electron chi connectivity index (χ4n) is 3.54. The van der Waals surface area contributed by atoms with Gasteiger partial charge in [0.1, 0.15) is 11.6 Å². The quantitative estimate of drug-likeness (QED) is 0.879. The molecule has 0 spiro atoms. The summed E-state index contributed by atoms with van der Waals surface area (Å²) in [7, 11) is 0. The summed E-state index contributed by atoms with van der Waals surface area (Å²) in [6.07, 6.45) is 3.16. The minimum Gasteiger partial charge on any atom is -0.493 e. The zero-order valence-corrected chi connectivity index (χ0v) is 13.4. The van der Waals surface area contributed by atoms with Gasteiger partial charge in [0.05, 0.1) is 13.0 Å². The lowest BCUT2D eigenvalue weighted by atomic mass is 9.96. The molecule has 1 amide bonds. The van der Waals surface area contributed by atoms with Crippen LogP contribution >= 0.6 is 0 Å². The van der Waals surface area contributed by atoms with Crippen LogP contribution in [0, 0.1) is 0 Å². The van der Waals surface area contributed by atoms with Crippen LogP contribution in [0.15, 0.2) is 23.0 Å². The Labute approximate surface area is 139 Å². The fourth-order valence-corrected chi connectivity index (χ4v) is 3.54. The molecule has 7 heteroatoms. The summed E-state index contributed by atoms with van der Waals surface area (Å²) in [6, 6.07) is 6.00. The lowest BCUT2D eigenvalue weighted by Gasteiger charge is -2.31. The Balaban J connectivity index is 1.43. The van der Waals surface area contributed by atoms with E-state index in [0.717, 1.165) is 43.7 Å². The number of piperidine rings is 1. The van der Waals surface area contributed by atoms with Crippen molar-refractivity contribution >= 4 is 5.91 Å². The third-order valence-corrected chi connectivity index (χ3v) is 4.79. The number of amides is 1. The van der Waals surface area contributed by atoms with Crippen molar-refractivity contribution in [3.05, 3.63) is 45.6 Å². The van der Waals surface area contributed by atoms with Crippen LogP contribution in [0.2, 0.25) is 0 Å². The van der Waals surface area contributed by atoms with Gasteiger partial charge in [-0.05, 0) is 30.0 Å². The molecule has 1 aromatic carbocycles. The largest absolute Gasteiger partial charge is 0.493 e. The molecule has 1 atom stereocenters. The molecule has 1 aromatic heterocycles. The monoisotopic (exact) mass is 328 g/mol. The van der Waals surface area contributed by atoms with E-state index in [2.05, 4.69) is 21.2 Å². The molecule has 1 saturated heterocycles. The first kappa shape index (κ1) is 15.0. The molecule has 0 saturated carbocycles. The van der Waals surface area contributed by atoms with Gasteiger partial charge < -0.3 is 9.64 Å². The molecule has 7 nitrogen and oxygen atoms in total. The molecule has 1 unspecified atom stereocenters. The van der Waals surface area contributed by atoms with Gasteiger partial charge in [-0.2, -0.15) is 5.10 Å². The number of benzene rings is 1. The smallest absolute Gasteiger partial charge is 0.340 e. The Hall–Kier alpha value is -2.57. The Morgan fingerprint density at radius 2 is 2.33 bits per heavy atom. The van der Waals surface area contributed by atoms with Crippen LogP contribution in [-0.2, 0) is 17.6 Å². The van der Waals surface area contributed by atoms with Gasteiger partial charge in [-0.25, -0.2) is 9.89 Å². The van der Waals surface area contributed by atoms with Crippen LogP contribution in [0.25, 0.3) is 0 Å². The van der Waals surface area contributed by atoms with Crippen LogP contribution in [0.1, 0.15) is 35.7 Å². The van der Waals surface area contributed by atoms with Crippen LogP contribution in [-0.4, -0.2) is 45.7 Å². The molecular weight excluding hydrogens is 308 g/mol. The summed E-state index contributed by atoms with van der Waals surface area (Å²) in [6.45, 7) is 2.09. The number of fused-ring (bicyclic) bond motifs is 1. The molecule has 126 valence electrons. The van der Waals surface area contributed by atoms with Gasteiger partial charge >= 0.3 is 5.69 Å². The molecule has 2 N–H and O–H groups in total. The number of aromatic amines is 2. The minimum atomic E-state index is -0.297. The molecule has 2 aliphatic heterocycles. The molecule has 4 rings (SSSR count). The standard InChI is InChI=1S/C17H20N4O3/c22-15(9-11-3-4-14-12(8-11)5-7-24-14)21-6-1-2-13(10-21)16-18-17(23)20-19-16/h3-4,8,13H,1-2,5-7,9-10H2,(H2,18,19,20,23). The van der Waals surface area contributed by atoms with Gasteiger partial charge in [0.2, 0.25) is 5.91 Å². The van der Waals surface area contributed by atoms with Crippen LogP contribution in [0.4, 0.5) is 0 Å². The summed E-state index contributed by atoms with van der Waals surface area (Å²) in [4.78, 5) is 28.5. The highest BCUT2D eigenvalue weighted by Gasteiger charge is 2.27. The average molecular weight is 328 g/mol. The molecular formula is C17H20N4O3. The molecule has 1 fully saturated rings. The highest BCUT2D eigenvalue weighted by atomic mass is 16.5. The van der Waals surface area contributed by atoms with Gasteiger partial charge in [0.25, 0.3) is 0 Å². The van der Waals surface area contributed by atoms with E-state index in [1.165, 1.54) is 5.56 Å². The first-order valence-corrected chi connectivity index (χ1v) is 8.36. The number of carbonyl (C=O) groups excluding carboxylic acids is 1. The van der Waals surface area contributed by atoms with Gasteiger partial charge in [-0.3, -0.25) is 9.78 Å². The average Bonchev–Trinajstić information content (AvgIpc) is 3.23. The Kier molecular flexibility index (Phi) is 3.84. The van der Waals surface area contributed by atoms with E-state index >= 15 is 0 Å². The summed E-state index contributed by atoms with van der Waals surface area (Å²) in [5.41, 5.74) is 1.92. The predicted octanol–water partition coefficient (Wildman–Crippen LogP) is 0.982. The van der Waals surface area contributed by atoms with E-state index < -0.39 is 0 Å². The summed E-state index contributed by atoms with van der Waals surface area (Å²) in [5, 5.41) is 6.41. The number of carbonyl (C=O) groups is 1. The van der Waals surface area contributed by atoms with E-state index in [1.807, 2.05) is 17.0 Å². The van der Waals surface area contributed by atoms with Crippen molar-refractivity contribution in [3.63, 3.8) is 0 Å². The Bertz CT molecular complexity index is 810. The number of hydrogen-bond acceptors (Lipinski definition) is 4. The lowest BCUT2D eigenvalue weighted by Crippen LogP contribution is -2.40. The van der Waals surface area contributed by atoms with Crippen molar-refractivity contribution in [3.8, 4) is 5.75 Å². The van der Waals surface area contributed by atoms with Gasteiger partial charge in [-0.1, -0.05) is 12.1 Å². The van der Waals surface area contributed by atoms with Crippen molar-refractivity contribution in [2.45, 2.75) is 31.6 Å². The first-order chi connectivity index (χ1) is 11.7. The summed E-state index contributed by atoms with van der Waals surface area (Å²) >= 11 is 0. The predicted molar refractivity (Wildman–Crippen MR) is 87.1 cm³/mol. The molecule has 0 radical (unpaired) electrons. The van der Waals surface area contributed by atoms with Crippen molar-refractivity contribution in [2.75, 3.05) is 19.7 Å². The maximum absolute atomic E-state index is 12.6. The minimum absolute atomic E-state index is 0.0927. The van der Waals surface area contributed by atoms with Crippen molar-refractivity contribution in [1.29, 1.82) is 0 Å². The number of rotatable bonds is 3. The van der Waals surface area contributed by atoms with Gasteiger partial charge in [0, 0.05) is 25.4 Å². The third kappa shape index (κ3) is 2.93. The van der Waals surface area contributed by atoms with Crippen LogP contribution < -0.4 is 10.4 Å². The van der Waals surface area contributed by atoms with E-state index in [1.54, 1.807) is 0 Å². The summed E-state index contributed by atoms with van der Waals surface area (Å²) in [5.74, 6) is 1.80. The molecule has 2 aliphatic rings. The zero-order valence-electron chi connectivity index (χ0n) is 13.4. The van der Waals surface area contributed by atoms with E-state index in [-0.39, 0.29) is 17.5 Å². The molecule has 24 heavy (non-hydrogen) atoms. The van der Waals surface area contributed by atoms with E-state index in [4.69, 9.17) is 4.74 Å². The Morgan fingerprint density at radius 3 is 3.17 bits per heavy atom. The lowest BCUT2D eigenvalue weighted by molar-refractivity contribution is -0.131.